The Morgan fingerprint density at radius 1 is 1.32 bits per heavy atom. The Hall–Kier alpha value is -2.37. The number of hydrogen-bond acceptors (Lipinski definition) is 4. The van der Waals surface area contributed by atoms with Crippen molar-refractivity contribution in [2.75, 3.05) is 20.2 Å². The Balaban J connectivity index is 2.30. The molecule has 1 fully saturated rings. The van der Waals surface area contributed by atoms with Gasteiger partial charge >= 0.3 is 5.97 Å². The van der Waals surface area contributed by atoms with Gasteiger partial charge in [-0.2, -0.15) is 0 Å². The highest BCUT2D eigenvalue weighted by molar-refractivity contribution is 6.00. The summed E-state index contributed by atoms with van der Waals surface area (Å²) in [6, 6.07) is 5.86. The van der Waals surface area contributed by atoms with Gasteiger partial charge in [0, 0.05) is 18.7 Å². The number of carbonyl (C=O) groups excluding carboxylic acids is 3. The lowest BCUT2D eigenvalue weighted by molar-refractivity contribution is -0.129. The smallest absolute Gasteiger partial charge is 0.337 e. The molecule has 1 saturated heterocycles. The lowest BCUT2D eigenvalue weighted by atomic mass is 9.98. The highest BCUT2D eigenvalue weighted by atomic mass is 16.5. The van der Waals surface area contributed by atoms with Crippen molar-refractivity contribution in [3.05, 3.63) is 35.4 Å². The Bertz CT molecular complexity index is 598. The first-order chi connectivity index (χ1) is 10.5. The fourth-order valence-corrected chi connectivity index (χ4v) is 2.64. The summed E-state index contributed by atoms with van der Waals surface area (Å²) >= 11 is 0. The molecule has 0 radical (unpaired) electrons. The second-order valence-electron chi connectivity index (χ2n) is 5.55. The summed E-state index contributed by atoms with van der Waals surface area (Å²) in [5.41, 5.74) is 0.694. The van der Waals surface area contributed by atoms with Gasteiger partial charge in [0.05, 0.1) is 12.7 Å². The normalized spacial score (nSPS) is 18.1. The third kappa shape index (κ3) is 3.10. The monoisotopic (exact) mass is 304 g/mol. The average molecular weight is 304 g/mol. The van der Waals surface area contributed by atoms with E-state index in [1.54, 1.807) is 23.1 Å². The number of esters is 1. The molecular weight excluding hydrogens is 284 g/mol. The van der Waals surface area contributed by atoms with Crippen molar-refractivity contribution in [2.45, 2.75) is 19.9 Å². The lowest BCUT2D eigenvalue weighted by Crippen LogP contribution is -2.59. The molecule has 0 saturated carbocycles. The SMILES string of the molecule is COC(=O)c1cccc(C(=O)N2CCNC(=O)[C@@H]2C(C)C)c1. The molecule has 0 aromatic heterocycles. The van der Waals surface area contributed by atoms with Crippen molar-refractivity contribution in [2.24, 2.45) is 5.92 Å². The fraction of sp³-hybridized carbons (Fsp3) is 0.438. The van der Waals surface area contributed by atoms with Crippen molar-refractivity contribution >= 4 is 17.8 Å². The Labute approximate surface area is 129 Å². The predicted molar refractivity (Wildman–Crippen MR) is 80.5 cm³/mol. The molecule has 1 aliphatic rings. The molecule has 6 heteroatoms. The maximum absolute atomic E-state index is 12.7. The minimum Gasteiger partial charge on any atom is -0.465 e. The van der Waals surface area contributed by atoms with E-state index < -0.39 is 12.0 Å². The number of ether oxygens (including phenoxy) is 1. The van der Waals surface area contributed by atoms with Gasteiger partial charge in [0.2, 0.25) is 5.91 Å². The van der Waals surface area contributed by atoms with Gasteiger partial charge in [-0.1, -0.05) is 19.9 Å². The number of hydrogen-bond donors (Lipinski definition) is 1. The van der Waals surface area contributed by atoms with Crippen LogP contribution in [0.15, 0.2) is 24.3 Å². The molecule has 22 heavy (non-hydrogen) atoms. The number of piperazine rings is 1. The predicted octanol–water partition coefficient (Wildman–Crippen LogP) is 1.07. The quantitative estimate of drug-likeness (QED) is 0.848. The molecule has 0 aliphatic carbocycles. The van der Waals surface area contributed by atoms with Gasteiger partial charge in [0.25, 0.3) is 5.91 Å². The first-order valence-corrected chi connectivity index (χ1v) is 7.22. The van der Waals surface area contributed by atoms with E-state index in [-0.39, 0.29) is 17.7 Å². The van der Waals surface area contributed by atoms with E-state index in [9.17, 15) is 14.4 Å². The molecule has 0 bridgehead atoms. The summed E-state index contributed by atoms with van der Waals surface area (Å²) in [4.78, 5) is 37.9. The van der Waals surface area contributed by atoms with Gasteiger partial charge < -0.3 is 15.0 Å². The van der Waals surface area contributed by atoms with Crippen LogP contribution in [0.25, 0.3) is 0 Å². The summed E-state index contributed by atoms with van der Waals surface area (Å²) in [6.07, 6.45) is 0. The molecular formula is C16H20N2O4. The maximum Gasteiger partial charge on any atom is 0.337 e. The Morgan fingerprint density at radius 3 is 2.64 bits per heavy atom. The van der Waals surface area contributed by atoms with Gasteiger partial charge in [0.15, 0.2) is 0 Å². The zero-order chi connectivity index (χ0) is 16.3. The van der Waals surface area contributed by atoms with E-state index in [0.717, 1.165) is 0 Å². The zero-order valence-corrected chi connectivity index (χ0v) is 13.0. The molecule has 1 aromatic carbocycles. The van der Waals surface area contributed by atoms with Crippen LogP contribution in [-0.4, -0.2) is 48.9 Å². The van der Waals surface area contributed by atoms with Gasteiger partial charge in [-0.15, -0.1) is 0 Å². The van der Waals surface area contributed by atoms with Crippen LogP contribution in [0.1, 0.15) is 34.6 Å². The van der Waals surface area contributed by atoms with Gasteiger partial charge in [-0.05, 0) is 24.1 Å². The highest BCUT2D eigenvalue weighted by Crippen LogP contribution is 2.18. The lowest BCUT2D eigenvalue weighted by Gasteiger charge is -2.37. The largest absolute Gasteiger partial charge is 0.465 e. The molecule has 0 unspecified atom stereocenters. The van der Waals surface area contributed by atoms with Crippen LogP contribution < -0.4 is 5.32 Å². The van der Waals surface area contributed by atoms with Crippen LogP contribution in [0.2, 0.25) is 0 Å². The number of methoxy groups -OCH3 is 1. The number of carbonyl (C=O) groups is 3. The standard InChI is InChI=1S/C16H20N2O4/c1-10(2)13-14(19)17-7-8-18(13)15(20)11-5-4-6-12(9-11)16(21)22-3/h4-6,9-10,13H,7-8H2,1-3H3,(H,17,19)/t13-/m0/s1. The molecule has 2 amide bonds. The third-order valence-electron chi connectivity index (χ3n) is 3.68. The fourth-order valence-electron chi connectivity index (χ4n) is 2.64. The highest BCUT2D eigenvalue weighted by Gasteiger charge is 2.35. The number of benzene rings is 1. The molecule has 1 atom stereocenters. The minimum absolute atomic E-state index is 0.00744. The first-order valence-electron chi connectivity index (χ1n) is 7.22. The van der Waals surface area contributed by atoms with Crippen LogP contribution in [0.3, 0.4) is 0 Å². The topological polar surface area (TPSA) is 75.7 Å². The van der Waals surface area contributed by atoms with Crippen LogP contribution in [0.4, 0.5) is 0 Å². The van der Waals surface area contributed by atoms with E-state index in [2.05, 4.69) is 10.1 Å². The average Bonchev–Trinajstić information content (AvgIpc) is 2.52. The Morgan fingerprint density at radius 2 is 2.00 bits per heavy atom. The molecule has 6 nitrogen and oxygen atoms in total. The maximum atomic E-state index is 12.7. The number of amides is 2. The molecule has 1 aromatic rings. The zero-order valence-electron chi connectivity index (χ0n) is 13.0. The molecule has 1 aliphatic heterocycles. The summed E-state index contributed by atoms with van der Waals surface area (Å²) in [5.74, 6) is -0.877. The first kappa shape index (κ1) is 16.0. The van der Waals surface area contributed by atoms with Crippen molar-refractivity contribution < 1.29 is 19.1 Å². The number of nitrogens with zero attached hydrogens (tertiary/aromatic N) is 1. The van der Waals surface area contributed by atoms with Crippen molar-refractivity contribution in [3.63, 3.8) is 0 Å². The van der Waals surface area contributed by atoms with Crippen LogP contribution in [0.5, 0.6) is 0 Å². The minimum atomic E-state index is -0.497. The molecule has 118 valence electrons. The van der Waals surface area contributed by atoms with Gasteiger partial charge in [-0.25, -0.2) is 4.79 Å². The molecule has 1 heterocycles. The van der Waals surface area contributed by atoms with E-state index in [4.69, 9.17) is 0 Å². The van der Waals surface area contributed by atoms with E-state index >= 15 is 0 Å². The van der Waals surface area contributed by atoms with E-state index in [1.807, 2.05) is 13.8 Å². The van der Waals surface area contributed by atoms with Crippen LogP contribution >= 0.6 is 0 Å². The van der Waals surface area contributed by atoms with Crippen molar-refractivity contribution in [1.82, 2.24) is 10.2 Å². The Kier molecular flexibility index (Phi) is 4.80. The summed E-state index contributed by atoms with van der Waals surface area (Å²) in [6.45, 7) is 4.70. The second kappa shape index (κ2) is 6.60. The van der Waals surface area contributed by atoms with Gasteiger partial charge in [0.1, 0.15) is 6.04 Å². The van der Waals surface area contributed by atoms with E-state index in [0.29, 0.717) is 24.2 Å². The number of rotatable bonds is 3. The molecule has 1 N–H and O–H groups in total. The van der Waals surface area contributed by atoms with Crippen LogP contribution in [0, 0.1) is 5.92 Å². The third-order valence-corrected chi connectivity index (χ3v) is 3.68. The van der Waals surface area contributed by atoms with Gasteiger partial charge in [-0.3, -0.25) is 9.59 Å². The van der Waals surface area contributed by atoms with Crippen molar-refractivity contribution in [1.29, 1.82) is 0 Å². The molecule has 2 rings (SSSR count). The van der Waals surface area contributed by atoms with E-state index in [1.165, 1.54) is 13.2 Å². The second-order valence-corrected chi connectivity index (χ2v) is 5.55. The van der Waals surface area contributed by atoms with Crippen LogP contribution in [-0.2, 0) is 9.53 Å². The number of nitrogens with one attached hydrogen (secondary N) is 1. The summed E-state index contributed by atoms with van der Waals surface area (Å²) in [7, 11) is 1.29. The van der Waals surface area contributed by atoms with Crippen molar-refractivity contribution in [3.8, 4) is 0 Å². The summed E-state index contributed by atoms with van der Waals surface area (Å²) < 4.78 is 4.66. The summed E-state index contributed by atoms with van der Waals surface area (Å²) in [5, 5.41) is 2.78. The molecule has 0 spiro atoms.